The number of rotatable bonds is 4. The maximum Gasteiger partial charge on any atom is 0.271 e. The largest absolute Gasteiger partial charge is 0.497 e. The Morgan fingerprint density at radius 2 is 2.19 bits per heavy atom. The third-order valence-electron chi connectivity index (χ3n) is 5.00. The second kappa shape index (κ2) is 6.95. The van der Waals surface area contributed by atoms with Crippen molar-refractivity contribution in [3.8, 4) is 17.0 Å². The van der Waals surface area contributed by atoms with Gasteiger partial charge in [-0.1, -0.05) is 12.1 Å². The number of aliphatic hydroxyl groups is 1. The van der Waals surface area contributed by atoms with Gasteiger partial charge >= 0.3 is 0 Å². The SMILES string of the molecule is COc1cccc(-c2cn3c(C(=O)N4C[C@@H](O)[C@H](N(C)C)C4)csc3n2)c1. The molecule has 1 amide bonds. The van der Waals surface area contributed by atoms with E-state index in [4.69, 9.17) is 4.74 Å². The first-order valence-corrected chi connectivity index (χ1v) is 9.60. The fraction of sp³-hybridized carbons (Fsp3) is 0.368. The first-order valence-electron chi connectivity index (χ1n) is 8.72. The van der Waals surface area contributed by atoms with Crippen LogP contribution in [0.15, 0.2) is 35.8 Å². The number of carbonyl (C=O) groups is 1. The van der Waals surface area contributed by atoms with Crippen LogP contribution >= 0.6 is 11.3 Å². The normalized spacial score (nSPS) is 20.0. The Labute approximate surface area is 161 Å². The van der Waals surface area contributed by atoms with Gasteiger partial charge in [0.05, 0.1) is 24.9 Å². The van der Waals surface area contributed by atoms with Crippen LogP contribution in [0.4, 0.5) is 0 Å². The molecule has 1 aliphatic heterocycles. The van der Waals surface area contributed by atoms with Gasteiger partial charge in [-0.2, -0.15) is 0 Å². The van der Waals surface area contributed by atoms with E-state index in [1.54, 1.807) is 12.0 Å². The maximum atomic E-state index is 13.0. The van der Waals surface area contributed by atoms with Crippen LogP contribution in [-0.4, -0.2) is 76.6 Å². The summed E-state index contributed by atoms with van der Waals surface area (Å²) < 4.78 is 7.11. The molecule has 27 heavy (non-hydrogen) atoms. The van der Waals surface area contributed by atoms with Gasteiger partial charge in [0.1, 0.15) is 11.4 Å². The number of methoxy groups -OCH3 is 1. The average molecular weight is 386 g/mol. The molecule has 1 saturated heterocycles. The fourth-order valence-corrected chi connectivity index (χ4v) is 4.31. The number of aromatic nitrogens is 2. The van der Waals surface area contributed by atoms with Crippen LogP contribution in [0.3, 0.4) is 0 Å². The van der Waals surface area contributed by atoms with Gasteiger partial charge in [0.2, 0.25) is 0 Å². The second-order valence-corrected chi connectivity index (χ2v) is 7.78. The molecule has 1 aliphatic rings. The third kappa shape index (κ3) is 3.20. The van der Waals surface area contributed by atoms with Crippen molar-refractivity contribution in [2.75, 3.05) is 34.3 Å². The first kappa shape index (κ1) is 18.0. The highest BCUT2D eigenvalue weighted by atomic mass is 32.1. The van der Waals surface area contributed by atoms with Crippen LogP contribution in [-0.2, 0) is 0 Å². The number of fused-ring (bicyclic) bond motifs is 1. The second-order valence-electron chi connectivity index (χ2n) is 6.94. The van der Waals surface area contributed by atoms with E-state index in [1.807, 2.05) is 59.2 Å². The Morgan fingerprint density at radius 3 is 2.89 bits per heavy atom. The standard InChI is InChI=1S/C19H22N4O3S/c1-21(2)15-9-22(10-17(15)24)18(25)16-11-27-19-20-14(8-23(16)19)12-5-4-6-13(7-12)26-3/h4-8,11,15,17,24H,9-10H2,1-3H3/t15-,17-/m1/s1. The van der Waals surface area contributed by atoms with E-state index >= 15 is 0 Å². The number of benzene rings is 1. The van der Waals surface area contributed by atoms with Gasteiger partial charge in [-0.05, 0) is 26.2 Å². The van der Waals surface area contributed by atoms with E-state index < -0.39 is 6.10 Å². The highest BCUT2D eigenvalue weighted by Crippen LogP contribution is 2.27. The number of ether oxygens (including phenoxy) is 1. The highest BCUT2D eigenvalue weighted by Gasteiger charge is 2.36. The molecule has 3 aromatic rings. The number of likely N-dealkylation sites (tertiary alicyclic amines) is 1. The summed E-state index contributed by atoms with van der Waals surface area (Å²) in [5, 5.41) is 12.1. The summed E-state index contributed by atoms with van der Waals surface area (Å²) in [6.07, 6.45) is 1.34. The van der Waals surface area contributed by atoms with Gasteiger partial charge in [0, 0.05) is 30.2 Å². The van der Waals surface area contributed by atoms with E-state index in [1.165, 1.54) is 11.3 Å². The smallest absolute Gasteiger partial charge is 0.271 e. The number of likely N-dealkylation sites (N-methyl/N-ethyl adjacent to an activating group) is 1. The van der Waals surface area contributed by atoms with E-state index in [0.717, 1.165) is 22.0 Å². The summed E-state index contributed by atoms with van der Waals surface area (Å²) in [6, 6.07) is 7.65. The summed E-state index contributed by atoms with van der Waals surface area (Å²) in [4.78, 5) is 22.1. The number of nitrogens with zero attached hydrogens (tertiary/aromatic N) is 4. The van der Waals surface area contributed by atoms with Crippen molar-refractivity contribution in [2.45, 2.75) is 12.1 Å². The molecule has 0 unspecified atom stereocenters. The van der Waals surface area contributed by atoms with Crippen molar-refractivity contribution in [2.24, 2.45) is 0 Å². The van der Waals surface area contributed by atoms with Gasteiger partial charge in [-0.3, -0.25) is 9.20 Å². The van der Waals surface area contributed by atoms with E-state index in [-0.39, 0.29) is 11.9 Å². The monoisotopic (exact) mass is 386 g/mol. The minimum Gasteiger partial charge on any atom is -0.497 e. The van der Waals surface area contributed by atoms with Gasteiger partial charge in [-0.15, -0.1) is 11.3 Å². The zero-order valence-corrected chi connectivity index (χ0v) is 16.3. The Hall–Kier alpha value is -2.42. The van der Waals surface area contributed by atoms with Gasteiger partial charge in [0.25, 0.3) is 5.91 Å². The molecule has 0 saturated carbocycles. The molecule has 1 N–H and O–H groups in total. The predicted molar refractivity (Wildman–Crippen MR) is 104 cm³/mol. The van der Waals surface area contributed by atoms with Crippen molar-refractivity contribution in [1.82, 2.24) is 19.2 Å². The van der Waals surface area contributed by atoms with E-state index in [0.29, 0.717) is 18.8 Å². The minimum atomic E-state index is -0.534. The lowest BCUT2D eigenvalue weighted by molar-refractivity contribution is 0.0757. The third-order valence-corrected chi connectivity index (χ3v) is 5.84. The molecule has 8 heteroatoms. The Morgan fingerprint density at radius 1 is 1.37 bits per heavy atom. The van der Waals surface area contributed by atoms with E-state index in [2.05, 4.69) is 4.98 Å². The molecule has 142 valence electrons. The zero-order valence-electron chi connectivity index (χ0n) is 15.5. The van der Waals surface area contributed by atoms with Crippen LogP contribution < -0.4 is 4.74 Å². The quantitative estimate of drug-likeness (QED) is 0.741. The number of aliphatic hydroxyl groups excluding tert-OH is 1. The number of hydrogen-bond acceptors (Lipinski definition) is 6. The summed E-state index contributed by atoms with van der Waals surface area (Å²) in [6.45, 7) is 0.859. The topological polar surface area (TPSA) is 70.3 Å². The summed E-state index contributed by atoms with van der Waals surface area (Å²) in [7, 11) is 5.47. The molecule has 2 aromatic heterocycles. The van der Waals surface area contributed by atoms with Crippen LogP contribution in [0.5, 0.6) is 5.75 Å². The van der Waals surface area contributed by atoms with Crippen LogP contribution in [0.2, 0.25) is 0 Å². The highest BCUT2D eigenvalue weighted by molar-refractivity contribution is 7.15. The number of amides is 1. The Bertz CT molecular complexity index is 980. The molecular formula is C19H22N4O3S. The van der Waals surface area contributed by atoms with Crippen molar-refractivity contribution >= 4 is 22.2 Å². The lowest BCUT2D eigenvalue weighted by atomic mass is 10.1. The van der Waals surface area contributed by atoms with Gasteiger partial charge < -0.3 is 19.6 Å². The molecule has 7 nitrogen and oxygen atoms in total. The summed E-state index contributed by atoms with van der Waals surface area (Å²) >= 11 is 1.43. The van der Waals surface area contributed by atoms with Crippen molar-refractivity contribution in [3.63, 3.8) is 0 Å². The molecule has 0 radical (unpaired) electrons. The number of carbonyl (C=O) groups excluding carboxylic acids is 1. The molecule has 2 atom stereocenters. The lowest BCUT2D eigenvalue weighted by Gasteiger charge is -2.21. The fourth-order valence-electron chi connectivity index (χ4n) is 3.46. The lowest BCUT2D eigenvalue weighted by Crippen LogP contribution is -2.38. The molecular weight excluding hydrogens is 364 g/mol. The first-order chi connectivity index (χ1) is 13.0. The zero-order chi connectivity index (χ0) is 19.1. The Kier molecular flexibility index (Phi) is 4.63. The molecule has 1 fully saturated rings. The number of hydrogen-bond donors (Lipinski definition) is 1. The Balaban J connectivity index is 1.63. The molecule has 0 aliphatic carbocycles. The molecule has 0 spiro atoms. The van der Waals surface area contributed by atoms with E-state index in [9.17, 15) is 9.90 Å². The predicted octanol–water partition coefficient (Wildman–Crippen LogP) is 1.82. The van der Waals surface area contributed by atoms with Gasteiger partial charge in [-0.25, -0.2) is 4.98 Å². The van der Waals surface area contributed by atoms with Crippen molar-refractivity contribution in [1.29, 1.82) is 0 Å². The molecule has 3 heterocycles. The summed E-state index contributed by atoms with van der Waals surface area (Å²) in [5.74, 6) is 0.681. The van der Waals surface area contributed by atoms with Crippen LogP contribution in [0.1, 0.15) is 10.5 Å². The molecule has 0 bridgehead atoms. The summed E-state index contributed by atoms with van der Waals surface area (Å²) in [5.41, 5.74) is 2.30. The minimum absolute atomic E-state index is 0.0433. The van der Waals surface area contributed by atoms with Crippen LogP contribution in [0.25, 0.3) is 16.2 Å². The number of β-amino-alcohol motifs (C(OH)–C–C–N with tert-alkyl or cyclic N) is 1. The number of thiazole rings is 1. The molecule has 4 rings (SSSR count). The average Bonchev–Trinajstić information content (AvgIpc) is 3.34. The maximum absolute atomic E-state index is 13.0. The van der Waals surface area contributed by atoms with Crippen LogP contribution in [0, 0.1) is 0 Å². The van der Waals surface area contributed by atoms with Crippen molar-refractivity contribution in [3.05, 3.63) is 41.5 Å². The van der Waals surface area contributed by atoms with Crippen molar-refractivity contribution < 1.29 is 14.6 Å². The molecule has 1 aromatic carbocycles. The number of imidazole rings is 1. The van der Waals surface area contributed by atoms with Gasteiger partial charge in [0.15, 0.2) is 4.96 Å².